The molecule has 1 saturated heterocycles. The van der Waals surface area contributed by atoms with Gasteiger partial charge in [-0.15, -0.1) is 11.3 Å². The van der Waals surface area contributed by atoms with Gasteiger partial charge in [0.1, 0.15) is 30.7 Å². The molecule has 0 aliphatic carbocycles. The molecule has 0 amide bonds. The standard InChI is InChI=1S/C13H15N3O5S/c14-8-3-4-16(13(19)15-8)12-11(18)10(17)7(21-12)6-20-9-2-1-5-22-9/h1-5,7,10-12,17-18H,6H2,(H2,14,15,19)/t7-,10?,11?,12-/m1/s1. The smallest absolute Gasteiger partial charge is 0.351 e. The zero-order chi connectivity index (χ0) is 15.7. The molecular weight excluding hydrogens is 310 g/mol. The van der Waals surface area contributed by atoms with Crippen LogP contribution in [0.5, 0.6) is 5.06 Å². The lowest BCUT2D eigenvalue weighted by Gasteiger charge is -2.16. The van der Waals surface area contributed by atoms with Gasteiger partial charge in [-0.2, -0.15) is 4.98 Å². The summed E-state index contributed by atoms with van der Waals surface area (Å²) >= 11 is 1.41. The van der Waals surface area contributed by atoms with Crippen molar-refractivity contribution in [1.82, 2.24) is 9.55 Å². The van der Waals surface area contributed by atoms with Crippen LogP contribution in [0.4, 0.5) is 5.82 Å². The van der Waals surface area contributed by atoms with Crippen LogP contribution in [0.15, 0.2) is 34.6 Å². The summed E-state index contributed by atoms with van der Waals surface area (Å²) in [6.07, 6.45) is -2.86. The topological polar surface area (TPSA) is 120 Å². The molecule has 0 bridgehead atoms. The molecule has 118 valence electrons. The van der Waals surface area contributed by atoms with E-state index in [1.807, 2.05) is 11.4 Å². The van der Waals surface area contributed by atoms with Gasteiger partial charge < -0.3 is 25.4 Å². The number of aromatic nitrogens is 2. The van der Waals surface area contributed by atoms with Crippen molar-refractivity contribution < 1.29 is 19.7 Å². The van der Waals surface area contributed by atoms with Crippen LogP contribution >= 0.6 is 11.3 Å². The normalized spacial score (nSPS) is 27.9. The summed E-state index contributed by atoms with van der Waals surface area (Å²) in [5.74, 6) is 0.0758. The van der Waals surface area contributed by atoms with E-state index in [0.29, 0.717) is 5.06 Å². The molecule has 0 radical (unpaired) electrons. The van der Waals surface area contributed by atoms with Gasteiger partial charge in [0, 0.05) is 6.20 Å². The Hall–Kier alpha value is -1.94. The van der Waals surface area contributed by atoms with Crippen LogP contribution in [0.1, 0.15) is 6.23 Å². The van der Waals surface area contributed by atoms with Crippen molar-refractivity contribution in [3.8, 4) is 5.06 Å². The molecular formula is C13H15N3O5S. The molecule has 2 aromatic rings. The minimum absolute atomic E-state index is 0.0619. The largest absolute Gasteiger partial charge is 0.481 e. The van der Waals surface area contributed by atoms with Gasteiger partial charge in [-0.3, -0.25) is 4.57 Å². The van der Waals surface area contributed by atoms with Gasteiger partial charge in [0.05, 0.1) is 0 Å². The Labute approximate surface area is 129 Å². The fourth-order valence-corrected chi connectivity index (χ4v) is 2.81. The minimum atomic E-state index is -1.26. The number of nitrogens with zero attached hydrogens (tertiary/aromatic N) is 2. The predicted octanol–water partition coefficient (Wildman–Crippen LogP) is -0.415. The van der Waals surface area contributed by atoms with Crippen LogP contribution in [-0.2, 0) is 4.74 Å². The number of aliphatic hydroxyl groups excluding tert-OH is 2. The van der Waals surface area contributed by atoms with Gasteiger partial charge in [0.25, 0.3) is 0 Å². The van der Waals surface area contributed by atoms with Gasteiger partial charge in [0.15, 0.2) is 11.3 Å². The lowest BCUT2D eigenvalue weighted by Crippen LogP contribution is -2.36. The highest BCUT2D eigenvalue weighted by Gasteiger charge is 2.44. The van der Waals surface area contributed by atoms with Gasteiger partial charge in [-0.1, -0.05) is 0 Å². The Bertz CT molecular complexity index is 689. The van der Waals surface area contributed by atoms with E-state index in [4.69, 9.17) is 15.2 Å². The van der Waals surface area contributed by atoms with E-state index in [0.717, 1.165) is 4.57 Å². The van der Waals surface area contributed by atoms with Crippen LogP contribution < -0.4 is 16.2 Å². The van der Waals surface area contributed by atoms with Crippen molar-refractivity contribution in [2.75, 3.05) is 12.3 Å². The maximum absolute atomic E-state index is 11.8. The third kappa shape index (κ3) is 2.83. The van der Waals surface area contributed by atoms with Crippen molar-refractivity contribution in [2.24, 2.45) is 0 Å². The summed E-state index contributed by atoms with van der Waals surface area (Å²) < 4.78 is 12.1. The Morgan fingerprint density at radius 3 is 2.91 bits per heavy atom. The average molecular weight is 325 g/mol. The maximum atomic E-state index is 11.8. The molecule has 22 heavy (non-hydrogen) atoms. The van der Waals surface area contributed by atoms with E-state index in [2.05, 4.69) is 4.98 Å². The first-order valence-electron chi connectivity index (χ1n) is 6.59. The number of hydrogen-bond acceptors (Lipinski definition) is 8. The van der Waals surface area contributed by atoms with E-state index in [1.54, 1.807) is 6.07 Å². The molecule has 1 aliphatic heterocycles. The van der Waals surface area contributed by atoms with Crippen molar-refractivity contribution in [2.45, 2.75) is 24.5 Å². The highest BCUT2D eigenvalue weighted by Crippen LogP contribution is 2.29. The third-order valence-electron chi connectivity index (χ3n) is 3.35. The second-order valence-electron chi connectivity index (χ2n) is 4.83. The number of thiophene rings is 1. The number of nitrogens with two attached hydrogens (primary N) is 1. The number of anilines is 1. The Balaban J connectivity index is 1.73. The van der Waals surface area contributed by atoms with Crippen LogP contribution in [0.3, 0.4) is 0 Å². The van der Waals surface area contributed by atoms with Crippen molar-refractivity contribution in [1.29, 1.82) is 0 Å². The van der Waals surface area contributed by atoms with Gasteiger partial charge in [-0.25, -0.2) is 4.79 Å². The number of rotatable bonds is 4. The van der Waals surface area contributed by atoms with Gasteiger partial charge in [0.2, 0.25) is 0 Å². The quantitative estimate of drug-likeness (QED) is 0.698. The number of aliphatic hydroxyl groups is 2. The monoisotopic (exact) mass is 325 g/mol. The molecule has 8 nitrogen and oxygen atoms in total. The molecule has 4 atom stereocenters. The Morgan fingerprint density at radius 2 is 2.23 bits per heavy atom. The van der Waals surface area contributed by atoms with Crippen LogP contribution in [0.2, 0.25) is 0 Å². The first-order chi connectivity index (χ1) is 10.6. The van der Waals surface area contributed by atoms with Crippen LogP contribution in [0.25, 0.3) is 0 Å². The number of hydrogen-bond donors (Lipinski definition) is 3. The second-order valence-corrected chi connectivity index (χ2v) is 5.74. The molecule has 2 unspecified atom stereocenters. The fourth-order valence-electron chi connectivity index (χ4n) is 2.23. The molecule has 2 aromatic heterocycles. The summed E-state index contributed by atoms with van der Waals surface area (Å²) in [6.45, 7) is 0.0619. The fraction of sp³-hybridized carbons (Fsp3) is 0.385. The lowest BCUT2D eigenvalue weighted by molar-refractivity contribution is -0.0511. The SMILES string of the molecule is Nc1ccn([C@@H]2O[C@H](COc3cccs3)C(O)C2O)c(=O)n1. The number of ether oxygens (including phenoxy) is 2. The van der Waals surface area contributed by atoms with E-state index < -0.39 is 30.2 Å². The summed E-state index contributed by atoms with van der Waals surface area (Å²) in [5, 5.41) is 22.7. The van der Waals surface area contributed by atoms with Gasteiger partial charge >= 0.3 is 5.69 Å². The molecule has 0 spiro atoms. The molecule has 4 N–H and O–H groups in total. The van der Waals surface area contributed by atoms with Gasteiger partial charge in [-0.05, 0) is 23.6 Å². The average Bonchev–Trinajstić information content (AvgIpc) is 3.08. The zero-order valence-corrected chi connectivity index (χ0v) is 12.2. The van der Waals surface area contributed by atoms with E-state index in [1.165, 1.54) is 23.6 Å². The molecule has 3 heterocycles. The molecule has 9 heteroatoms. The highest BCUT2D eigenvalue weighted by atomic mass is 32.1. The van der Waals surface area contributed by atoms with E-state index in [9.17, 15) is 15.0 Å². The summed E-state index contributed by atoms with van der Waals surface area (Å²) in [4.78, 5) is 15.4. The maximum Gasteiger partial charge on any atom is 0.351 e. The predicted molar refractivity (Wildman–Crippen MR) is 78.6 cm³/mol. The zero-order valence-electron chi connectivity index (χ0n) is 11.4. The summed E-state index contributed by atoms with van der Waals surface area (Å²) in [5.41, 5.74) is 4.76. The van der Waals surface area contributed by atoms with Crippen LogP contribution in [0, 0.1) is 0 Å². The van der Waals surface area contributed by atoms with E-state index in [-0.39, 0.29) is 12.4 Å². The first kappa shape index (κ1) is 15.0. The van der Waals surface area contributed by atoms with Crippen molar-refractivity contribution in [3.63, 3.8) is 0 Å². The highest BCUT2D eigenvalue weighted by molar-refractivity contribution is 7.11. The second kappa shape index (κ2) is 6.05. The molecule has 0 saturated carbocycles. The number of nitrogen functional groups attached to an aromatic ring is 1. The van der Waals surface area contributed by atoms with E-state index >= 15 is 0 Å². The minimum Gasteiger partial charge on any atom is -0.481 e. The molecule has 1 aliphatic rings. The Kier molecular flexibility index (Phi) is 4.12. The first-order valence-corrected chi connectivity index (χ1v) is 7.47. The molecule has 1 fully saturated rings. The van der Waals surface area contributed by atoms with Crippen molar-refractivity contribution >= 4 is 17.2 Å². The molecule has 3 rings (SSSR count). The molecule has 0 aromatic carbocycles. The Morgan fingerprint density at radius 1 is 1.41 bits per heavy atom. The third-order valence-corrected chi connectivity index (χ3v) is 4.13. The van der Waals surface area contributed by atoms with Crippen molar-refractivity contribution in [3.05, 3.63) is 40.3 Å². The van der Waals surface area contributed by atoms with Crippen LogP contribution in [-0.4, -0.2) is 44.7 Å². The summed E-state index contributed by atoms with van der Waals surface area (Å²) in [6, 6.07) is 5.04. The summed E-state index contributed by atoms with van der Waals surface area (Å²) in [7, 11) is 0. The lowest BCUT2D eigenvalue weighted by atomic mass is 10.1.